The molecule has 0 saturated heterocycles. The summed E-state index contributed by atoms with van der Waals surface area (Å²) >= 11 is 3.73. The maximum absolute atomic E-state index is 6.13. The maximum Gasteiger partial charge on any atom is 0.135 e. The Labute approximate surface area is 831 Å². The van der Waals surface area contributed by atoms with Crippen LogP contribution in [0.1, 0.15) is 74.9 Å². The van der Waals surface area contributed by atoms with E-state index in [-0.39, 0.29) is 16.2 Å². The molecule has 0 amide bonds. The van der Waals surface area contributed by atoms with Crippen molar-refractivity contribution in [2.75, 3.05) is 14.7 Å². The second kappa shape index (κ2) is 35.1. The monoisotopic (exact) mass is 1840 g/mol. The molecule has 0 saturated carbocycles. The minimum atomic E-state index is -0.0880. The Bertz CT molecular complexity index is 8930. The van der Waals surface area contributed by atoms with E-state index in [0.717, 1.165) is 84.3 Å². The highest BCUT2D eigenvalue weighted by Crippen LogP contribution is 2.56. The Morgan fingerprint density at radius 1 is 0.163 bits per heavy atom. The number of nitrogens with zero attached hydrogens (tertiary/aromatic N) is 3. The lowest BCUT2D eigenvalue weighted by Gasteiger charge is -2.30. The van der Waals surface area contributed by atoms with Crippen LogP contribution in [0.15, 0.2) is 496 Å². The molecule has 0 radical (unpaired) electrons. The van der Waals surface area contributed by atoms with Crippen LogP contribution in [0.4, 0.5) is 51.2 Å². The molecule has 27 rings (SSSR count). The van der Waals surface area contributed by atoms with E-state index in [1.54, 1.807) is 0 Å². The number of furan rings is 1. The van der Waals surface area contributed by atoms with Gasteiger partial charge in [0.05, 0.1) is 5.69 Å². The van der Waals surface area contributed by atoms with Crippen LogP contribution in [0, 0.1) is 0 Å². The van der Waals surface area contributed by atoms with E-state index in [0.29, 0.717) is 0 Å². The van der Waals surface area contributed by atoms with E-state index in [4.69, 9.17) is 4.42 Å². The Balaban J connectivity index is 0.000000111. The van der Waals surface area contributed by atoms with Crippen molar-refractivity contribution in [1.82, 2.24) is 0 Å². The van der Waals surface area contributed by atoms with Crippen LogP contribution < -0.4 is 14.7 Å². The normalized spacial score (nSPS) is 13.1. The zero-order valence-corrected chi connectivity index (χ0v) is 81.0. The largest absolute Gasteiger partial charge is 0.456 e. The third-order valence-electron chi connectivity index (χ3n) is 29.7. The standard InChI is InChI=1S/C45H33NO.2C45H33NS/c1-45(2)41-17-8-6-15-37(41)38-25-24-36(29-42(38)45)46(34-22-19-31(20-23-34)30-11-4-3-5-12-30)35-14-10-13-32(27-35)33-21-26-44-40(28-33)39-16-7-9-18-43(39)47-44;1-45(2)40-17-9-6-15-36(40)37-26-25-34(29-41(37)45)46(33-23-20-31(21-24-33)30-12-4-3-5-13-30)42-18-10-7-14-35(42)32-22-27-44-39(28-32)38-16-8-11-19-43(38)47-44;1-45(2)41-14-8-6-12-37(41)38-26-25-36(29-42(38)45)46(34-21-16-31(17-22-34)30-10-4-3-5-11-30)35-23-18-32(19-24-35)33-20-27-44-40(28-33)39-13-7-9-15-43(39)47-44/h3*3-29H,1-2H3. The van der Waals surface area contributed by atoms with Crippen LogP contribution in [0.2, 0.25) is 0 Å². The van der Waals surface area contributed by atoms with Gasteiger partial charge in [-0.3, -0.25) is 0 Å². The van der Waals surface area contributed by atoms with Gasteiger partial charge in [0.25, 0.3) is 0 Å². The number of para-hydroxylation sites is 2. The fraction of sp³-hybridized carbons (Fsp3) is 0.0667. The quantitative estimate of drug-likeness (QED) is 0.102. The molecule has 141 heavy (non-hydrogen) atoms. The van der Waals surface area contributed by atoms with Gasteiger partial charge < -0.3 is 19.1 Å². The molecule has 3 aromatic heterocycles. The number of hydrogen-bond donors (Lipinski definition) is 0. The molecule has 3 heterocycles. The second-order valence-electron chi connectivity index (χ2n) is 39.0. The third-order valence-corrected chi connectivity index (χ3v) is 32.0. The second-order valence-corrected chi connectivity index (χ2v) is 41.2. The van der Waals surface area contributed by atoms with Gasteiger partial charge in [0.1, 0.15) is 11.2 Å². The van der Waals surface area contributed by atoms with E-state index in [9.17, 15) is 0 Å². The molecule has 0 unspecified atom stereocenters. The van der Waals surface area contributed by atoms with Gasteiger partial charge >= 0.3 is 0 Å². The molecule has 0 atom stereocenters. The van der Waals surface area contributed by atoms with Crippen LogP contribution in [0.5, 0.6) is 0 Å². The fourth-order valence-electron chi connectivity index (χ4n) is 22.4. The lowest BCUT2D eigenvalue weighted by molar-refractivity contribution is 0.660. The molecule has 0 spiro atoms. The van der Waals surface area contributed by atoms with Crippen molar-refractivity contribution in [3.05, 3.63) is 525 Å². The average molecular weight is 1840 g/mol. The number of fused-ring (bicyclic) bond motifs is 18. The summed E-state index contributed by atoms with van der Waals surface area (Å²) in [5.41, 5.74) is 42.6. The van der Waals surface area contributed by atoms with E-state index in [1.807, 2.05) is 34.8 Å². The Kier molecular flexibility index (Phi) is 21.4. The molecule has 0 aliphatic heterocycles. The van der Waals surface area contributed by atoms with Gasteiger partial charge in [0.15, 0.2) is 0 Å². The van der Waals surface area contributed by atoms with Crippen LogP contribution in [0.25, 0.3) is 162 Å². The lowest BCUT2D eigenvalue weighted by Crippen LogP contribution is -2.16. The minimum absolute atomic E-state index is 0.0703. The van der Waals surface area contributed by atoms with Gasteiger partial charge in [0.2, 0.25) is 0 Å². The summed E-state index contributed by atoms with van der Waals surface area (Å²) in [6, 6.07) is 179. The van der Waals surface area contributed by atoms with Crippen LogP contribution >= 0.6 is 22.7 Å². The SMILES string of the molecule is CC1(C)c2ccccc2-c2ccc(N(c3ccc(-c4ccccc4)cc3)c3ccc(-c4ccc5sc6ccccc6c5c4)cc3)cc21.CC1(C)c2ccccc2-c2ccc(N(c3ccc(-c4ccccc4)cc3)c3cccc(-c4ccc5oc6ccccc6c5c4)c3)cc21.CC1(C)c2ccccc2-c2ccc(N(c3ccc(-c4ccccc4)cc3)c3ccccc3-c3ccc4sc5ccccc5c4c3)cc21. The molecule has 4 nitrogen and oxygen atoms in total. The van der Waals surface area contributed by atoms with Gasteiger partial charge in [-0.05, 0) is 286 Å². The smallest absolute Gasteiger partial charge is 0.135 e. The first-order chi connectivity index (χ1) is 69.1. The zero-order chi connectivity index (χ0) is 94.6. The van der Waals surface area contributed by atoms with Crippen molar-refractivity contribution < 1.29 is 4.42 Å². The molecule has 6 heteroatoms. The maximum atomic E-state index is 6.13. The predicted octanol–water partition coefficient (Wildman–Crippen LogP) is 39.0. The Morgan fingerprint density at radius 2 is 0.447 bits per heavy atom. The summed E-state index contributed by atoms with van der Waals surface area (Å²) in [6.45, 7) is 14.1. The van der Waals surface area contributed by atoms with Crippen molar-refractivity contribution >= 4 is 136 Å². The van der Waals surface area contributed by atoms with Gasteiger partial charge in [0, 0.05) is 118 Å². The van der Waals surface area contributed by atoms with Gasteiger partial charge in [-0.2, -0.15) is 0 Å². The van der Waals surface area contributed by atoms with Crippen molar-refractivity contribution in [2.24, 2.45) is 0 Å². The van der Waals surface area contributed by atoms with Gasteiger partial charge in [-0.1, -0.05) is 375 Å². The summed E-state index contributed by atoms with van der Waals surface area (Å²) < 4.78 is 11.4. The van der Waals surface area contributed by atoms with Crippen molar-refractivity contribution in [3.8, 4) is 100 Å². The molecular weight excluding hydrogens is 1740 g/mol. The first-order valence-corrected chi connectivity index (χ1v) is 50.4. The number of rotatable bonds is 15. The van der Waals surface area contributed by atoms with Crippen molar-refractivity contribution in [1.29, 1.82) is 0 Å². The van der Waals surface area contributed by atoms with Crippen LogP contribution in [-0.2, 0) is 16.2 Å². The third kappa shape index (κ3) is 15.3. The van der Waals surface area contributed by atoms with E-state index < -0.39 is 0 Å². The first kappa shape index (κ1) is 85.9. The van der Waals surface area contributed by atoms with E-state index in [1.165, 1.54) is 163 Å². The summed E-state index contributed by atoms with van der Waals surface area (Å²) in [5, 5.41) is 7.57. The summed E-state index contributed by atoms with van der Waals surface area (Å²) in [6.07, 6.45) is 0. The molecule has 0 N–H and O–H groups in total. The van der Waals surface area contributed by atoms with E-state index >= 15 is 0 Å². The fourth-order valence-corrected chi connectivity index (χ4v) is 24.5. The predicted molar refractivity (Wildman–Crippen MR) is 602 cm³/mol. The topological polar surface area (TPSA) is 22.9 Å². The molecule has 24 aromatic rings. The lowest BCUT2D eigenvalue weighted by atomic mass is 9.82. The van der Waals surface area contributed by atoms with Gasteiger partial charge in [-0.15, -0.1) is 22.7 Å². The Morgan fingerprint density at radius 3 is 0.915 bits per heavy atom. The zero-order valence-electron chi connectivity index (χ0n) is 79.3. The average Bonchev–Trinajstić information content (AvgIpc) is 1.59. The molecule has 672 valence electrons. The van der Waals surface area contributed by atoms with Crippen LogP contribution in [0.3, 0.4) is 0 Å². The molecule has 3 aliphatic rings. The highest BCUT2D eigenvalue weighted by atomic mass is 32.1. The molecule has 0 bridgehead atoms. The Hall–Kier alpha value is -16.7. The summed E-state index contributed by atoms with van der Waals surface area (Å²) in [5.74, 6) is 0. The number of thiophene rings is 2. The molecular formula is C135H99N3OS2. The number of benzene rings is 21. The van der Waals surface area contributed by atoms with Gasteiger partial charge in [-0.25, -0.2) is 0 Å². The van der Waals surface area contributed by atoms with Crippen molar-refractivity contribution in [2.45, 2.75) is 57.8 Å². The van der Waals surface area contributed by atoms with Crippen molar-refractivity contribution in [3.63, 3.8) is 0 Å². The first-order valence-electron chi connectivity index (χ1n) is 48.8. The highest BCUT2D eigenvalue weighted by Gasteiger charge is 2.40. The van der Waals surface area contributed by atoms with Crippen LogP contribution in [-0.4, -0.2) is 0 Å². The summed E-state index contributed by atoms with van der Waals surface area (Å²) in [4.78, 5) is 7.23. The molecule has 0 fully saturated rings. The molecule has 3 aliphatic carbocycles. The summed E-state index contributed by atoms with van der Waals surface area (Å²) in [7, 11) is 0. The van der Waals surface area contributed by atoms with E-state index in [2.05, 4.69) is 535 Å². The number of anilines is 9. The molecule has 21 aromatic carbocycles. The minimum Gasteiger partial charge on any atom is -0.456 e. The highest BCUT2D eigenvalue weighted by molar-refractivity contribution is 7.26. The number of hydrogen-bond acceptors (Lipinski definition) is 6.